The topological polar surface area (TPSA) is 64.1 Å². The Morgan fingerprint density at radius 1 is 1.07 bits per heavy atom. The molecule has 27 heavy (non-hydrogen) atoms. The molecule has 0 bridgehead atoms. The molecule has 0 saturated carbocycles. The Kier molecular flexibility index (Phi) is 4.56. The van der Waals surface area contributed by atoms with Crippen LogP contribution in [0.2, 0.25) is 0 Å². The summed E-state index contributed by atoms with van der Waals surface area (Å²) in [6.07, 6.45) is 1.53. The number of rotatable bonds is 4. The third-order valence-electron chi connectivity index (χ3n) is 4.32. The Morgan fingerprint density at radius 3 is 2.63 bits per heavy atom. The number of aromatic nitrogens is 2. The van der Waals surface area contributed by atoms with E-state index in [1.54, 1.807) is 23.5 Å². The van der Waals surface area contributed by atoms with Crippen LogP contribution in [0.25, 0.3) is 21.3 Å². The summed E-state index contributed by atoms with van der Waals surface area (Å²) in [5.74, 6) is 0.264. The number of nitrogens with one attached hydrogen (secondary N) is 1. The van der Waals surface area contributed by atoms with Gasteiger partial charge in [-0.15, -0.1) is 11.3 Å². The summed E-state index contributed by atoms with van der Waals surface area (Å²) >= 11 is 1.57. The third-order valence-corrected chi connectivity index (χ3v) is 5.20. The number of nitrogens with zero attached hydrogens (tertiary/aromatic N) is 2. The van der Waals surface area contributed by atoms with Gasteiger partial charge in [-0.3, -0.25) is 0 Å². The maximum atomic E-state index is 12.1. The lowest BCUT2D eigenvalue weighted by molar-refractivity contribution is 0.0602. The first-order chi connectivity index (χ1) is 13.2. The van der Waals surface area contributed by atoms with Gasteiger partial charge in [0.2, 0.25) is 0 Å². The highest BCUT2D eigenvalue weighted by molar-refractivity contribution is 7.17. The van der Waals surface area contributed by atoms with E-state index in [9.17, 15) is 4.79 Å². The van der Waals surface area contributed by atoms with E-state index in [1.165, 1.54) is 19.0 Å². The van der Waals surface area contributed by atoms with Gasteiger partial charge in [-0.05, 0) is 24.6 Å². The lowest BCUT2D eigenvalue weighted by atomic mass is 10.0. The SMILES string of the molecule is COC(=O)c1ccccc1Nc1ncnc2scc(-c3ccc(C)cc3)c12. The van der Waals surface area contributed by atoms with Gasteiger partial charge in [0.05, 0.1) is 23.7 Å². The van der Waals surface area contributed by atoms with Crippen LogP contribution in [0, 0.1) is 6.92 Å². The van der Waals surface area contributed by atoms with Crippen LogP contribution in [0.1, 0.15) is 15.9 Å². The predicted octanol–water partition coefficient (Wildman–Crippen LogP) is 5.20. The molecule has 6 heteroatoms. The van der Waals surface area contributed by atoms with E-state index < -0.39 is 5.97 Å². The first kappa shape index (κ1) is 17.2. The number of anilines is 2. The third kappa shape index (κ3) is 3.27. The fraction of sp³-hybridized carbons (Fsp3) is 0.0952. The summed E-state index contributed by atoms with van der Waals surface area (Å²) in [7, 11) is 1.37. The second-order valence-corrected chi connectivity index (χ2v) is 6.94. The van der Waals surface area contributed by atoms with Crippen LogP contribution in [0.5, 0.6) is 0 Å². The molecule has 134 valence electrons. The maximum Gasteiger partial charge on any atom is 0.339 e. The van der Waals surface area contributed by atoms with Crippen LogP contribution in [-0.2, 0) is 4.74 Å². The number of thiophene rings is 1. The van der Waals surface area contributed by atoms with Crippen molar-refractivity contribution in [3.8, 4) is 11.1 Å². The molecular formula is C21H17N3O2S. The molecule has 0 aliphatic rings. The average Bonchev–Trinajstić information content (AvgIpc) is 3.14. The molecule has 0 amide bonds. The predicted molar refractivity (Wildman–Crippen MR) is 109 cm³/mol. The number of carbonyl (C=O) groups is 1. The second-order valence-electron chi connectivity index (χ2n) is 6.08. The van der Waals surface area contributed by atoms with E-state index in [0.717, 1.165) is 21.3 Å². The van der Waals surface area contributed by atoms with Crippen molar-refractivity contribution in [2.75, 3.05) is 12.4 Å². The van der Waals surface area contributed by atoms with Crippen molar-refractivity contribution in [2.24, 2.45) is 0 Å². The number of hydrogen-bond donors (Lipinski definition) is 1. The van der Waals surface area contributed by atoms with E-state index in [4.69, 9.17) is 4.74 Å². The summed E-state index contributed by atoms with van der Waals surface area (Å²) in [4.78, 5) is 21.8. The van der Waals surface area contributed by atoms with Crippen LogP contribution in [0.4, 0.5) is 11.5 Å². The smallest absolute Gasteiger partial charge is 0.339 e. The van der Waals surface area contributed by atoms with Crippen molar-refractivity contribution in [3.63, 3.8) is 0 Å². The quantitative estimate of drug-likeness (QED) is 0.497. The molecule has 0 aliphatic carbocycles. The van der Waals surface area contributed by atoms with E-state index in [-0.39, 0.29) is 0 Å². The highest BCUT2D eigenvalue weighted by Crippen LogP contribution is 2.37. The Bertz CT molecular complexity index is 1120. The zero-order chi connectivity index (χ0) is 18.8. The van der Waals surface area contributed by atoms with Crippen molar-refractivity contribution in [1.29, 1.82) is 0 Å². The molecule has 4 aromatic rings. The lowest BCUT2D eigenvalue weighted by Crippen LogP contribution is -2.06. The standard InChI is InChI=1S/C21H17N3O2S/c1-13-7-9-14(10-8-13)16-11-27-20-18(16)19(22-12-23-20)24-17-6-4-3-5-15(17)21(25)26-2/h3-12H,1-2H3,(H,22,23,24). The Balaban J connectivity index is 1.83. The monoisotopic (exact) mass is 375 g/mol. The van der Waals surface area contributed by atoms with Crippen LogP contribution >= 0.6 is 11.3 Å². The van der Waals surface area contributed by atoms with Crippen LogP contribution in [0.15, 0.2) is 60.2 Å². The van der Waals surface area contributed by atoms with Gasteiger partial charge < -0.3 is 10.1 Å². The van der Waals surface area contributed by atoms with E-state index >= 15 is 0 Å². The normalized spacial score (nSPS) is 10.7. The minimum absolute atomic E-state index is 0.396. The molecule has 0 spiro atoms. The molecule has 2 aromatic carbocycles. The van der Waals surface area contributed by atoms with E-state index in [0.29, 0.717) is 17.1 Å². The maximum absolute atomic E-state index is 12.1. The van der Waals surface area contributed by atoms with Gasteiger partial charge in [0.15, 0.2) is 0 Å². The largest absolute Gasteiger partial charge is 0.465 e. The Labute approximate surface area is 160 Å². The lowest BCUT2D eigenvalue weighted by Gasteiger charge is -2.11. The number of aryl methyl sites for hydroxylation is 1. The van der Waals surface area contributed by atoms with Crippen molar-refractivity contribution < 1.29 is 9.53 Å². The summed E-state index contributed by atoms with van der Waals surface area (Å²) < 4.78 is 4.88. The van der Waals surface area contributed by atoms with Crippen molar-refractivity contribution >= 4 is 39.0 Å². The van der Waals surface area contributed by atoms with Crippen molar-refractivity contribution in [2.45, 2.75) is 6.92 Å². The molecule has 0 unspecified atom stereocenters. The number of hydrogen-bond acceptors (Lipinski definition) is 6. The van der Waals surface area contributed by atoms with Gasteiger partial charge in [0, 0.05) is 10.9 Å². The van der Waals surface area contributed by atoms with Crippen molar-refractivity contribution in [3.05, 3.63) is 71.4 Å². The van der Waals surface area contributed by atoms with Crippen LogP contribution < -0.4 is 5.32 Å². The fourth-order valence-corrected chi connectivity index (χ4v) is 3.84. The van der Waals surface area contributed by atoms with Gasteiger partial charge >= 0.3 is 5.97 Å². The molecule has 0 atom stereocenters. The molecule has 5 nitrogen and oxygen atoms in total. The van der Waals surface area contributed by atoms with Gasteiger partial charge in [-0.2, -0.15) is 0 Å². The summed E-state index contributed by atoms with van der Waals surface area (Å²) in [5.41, 5.74) is 4.48. The molecule has 2 aromatic heterocycles. The zero-order valence-electron chi connectivity index (χ0n) is 14.9. The number of esters is 1. The highest BCUT2D eigenvalue weighted by atomic mass is 32.1. The number of para-hydroxylation sites is 1. The van der Waals surface area contributed by atoms with Crippen molar-refractivity contribution in [1.82, 2.24) is 9.97 Å². The molecule has 0 radical (unpaired) electrons. The second kappa shape index (κ2) is 7.17. The first-order valence-electron chi connectivity index (χ1n) is 8.41. The summed E-state index contributed by atoms with van der Waals surface area (Å²) in [6.45, 7) is 2.06. The molecule has 2 heterocycles. The van der Waals surface area contributed by atoms with Gasteiger partial charge in [0.1, 0.15) is 17.0 Å². The fourth-order valence-electron chi connectivity index (χ4n) is 2.92. The number of carbonyl (C=O) groups excluding carboxylic acids is 1. The van der Waals surface area contributed by atoms with E-state index in [2.05, 4.69) is 51.9 Å². The minimum atomic E-state index is -0.396. The van der Waals surface area contributed by atoms with E-state index in [1.807, 2.05) is 12.1 Å². The highest BCUT2D eigenvalue weighted by Gasteiger charge is 2.16. The van der Waals surface area contributed by atoms with Crippen LogP contribution in [-0.4, -0.2) is 23.0 Å². The number of benzene rings is 2. The molecule has 0 fully saturated rings. The van der Waals surface area contributed by atoms with Gasteiger partial charge in [0.25, 0.3) is 0 Å². The summed E-state index contributed by atoms with van der Waals surface area (Å²) in [6, 6.07) is 15.6. The van der Waals surface area contributed by atoms with Gasteiger partial charge in [-0.1, -0.05) is 42.0 Å². The Morgan fingerprint density at radius 2 is 1.85 bits per heavy atom. The average molecular weight is 375 g/mol. The van der Waals surface area contributed by atoms with Crippen LogP contribution in [0.3, 0.4) is 0 Å². The molecule has 0 saturated heterocycles. The molecule has 0 aliphatic heterocycles. The number of methoxy groups -OCH3 is 1. The minimum Gasteiger partial charge on any atom is -0.465 e. The first-order valence-corrected chi connectivity index (χ1v) is 9.29. The molecular weight excluding hydrogens is 358 g/mol. The molecule has 4 rings (SSSR count). The molecule has 1 N–H and O–H groups in total. The van der Waals surface area contributed by atoms with Gasteiger partial charge in [-0.25, -0.2) is 14.8 Å². The number of fused-ring (bicyclic) bond motifs is 1. The Hall–Kier alpha value is -3.25. The summed E-state index contributed by atoms with van der Waals surface area (Å²) in [5, 5.41) is 6.31. The number of ether oxygens (including phenoxy) is 1. The zero-order valence-corrected chi connectivity index (χ0v) is 15.7.